The van der Waals surface area contributed by atoms with Gasteiger partial charge in [-0.1, -0.05) is 41.6 Å². The fourth-order valence-electron chi connectivity index (χ4n) is 2.49. The van der Waals surface area contributed by atoms with E-state index in [0.717, 1.165) is 11.1 Å². The molecule has 0 aliphatic rings. The molecule has 128 valence electrons. The largest absolute Gasteiger partial charge is 0.473 e. The first kappa shape index (κ1) is 16.7. The molecule has 3 rings (SSSR count). The monoisotopic (exact) mass is 337 g/mol. The molecule has 3 aromatic rings. The fourth-order valence-corrected chi connectivity index (χ4v) is 2.49. The molecule has 0 unspecified atom stereocenters. The highest BCUT2D eigenvalue weighted by atomic mass is 16.5. The van der Waals surface area contributed by atoms with Gasteiger partial charge in [-0.2, -0.15) is 0 Å². The lowest BCUT2D eigenvalue weighted by molar-refractivity contribution is 0.0948. The van der Waals surface area contributed by atoms with Gasteiger partial charge in [-0.25, -0.2) is 4.98 Å². The van der Waals surface area contributed by atoms with Gasteiger partial charge in [-0.15, -0.1) is 0 Å². The van der Waals surface area contributed by atoms with Crippen molar-refractivity contribution in [1.82, 2.24) is 15.5 Å². The molecule has 0 spiro atoms. The molecule has 1 amide bonds. The third kappa shape index (κ3) is 4.03. The maximum absolute atomic E-state index is 12.3. The lowest BCUT2D eigenvalue weighted by Gasteiger charge is -2.11. The first-order valence-electron chi connectivity index (χ1n) is 7.97. The summed E-state index contributed by atoms with van der Waals surface area (Å²) in [4.78, 5) is 16.6. The Kier molecular flexibility index (Phi) is 5.09. The second kappa shape index (κ2) is 7.61. The molecule has 2 heterocycles. The van der Waals surface area contributed by atoms with Crippen LogP contribution in [0.2, 0.25) is 0 Å². The Bertz CT molecular complexity index is 840. The predicted octanol–water partition coefficient (Wildman–Crippen LogP) is 3.20. The van der Waals surface area contributed by atoms with Crippen molar-refractivity contribution in [3.8, 4) is 5.88 Å². The van der Waals surface area contributed by atoms with Crippen LogP contribution in [-0.2, 0) is 13.2 Å². The quantitative estimate of drug-likeness (QED) is 0.747. The van der Waals surface area contributed by atoms with Crippen LogP contribution in [0, 0.1) is 13.8 Å². The zero-order valence-corrected chi connectivity index (χ0v) is 14.2. The Morgan fingerprint density at radius 1 is 1.16 bits per heavy atom. The van der Waals surface area contributed by atoms with Crippen LogP contribution in [0.15, 0.2) is 53.2 Å². The van der Waals surface area contributed by atoms with Gasteiger partial charge in [0.1, 0.15) is 17.9 Å². The van der Waals surface area contributed by atoms with E-state index >= 15 is 0 Å². The van der Waals surface area contributed by atoms with E-state index in [2.05, 4.69) is 15.5 Å². The predicted molar refractivity (Wildman–Crippen MR) is 92.2 cm³/mol. The molecule has 25 heavy (non-hydrogen) atoms. The molecule has 0 bridgehead atoms. The van der Waals surface area contributed by atoms with Crippen LogP contribution < -0.4 is 10.1 Å². The van der Waals surface area contributed by atoms with Crippen molar-refractivity contribution < 1.29 is 14.1 Å². The van der Waals surface area contributed by atoms with E-state index in [1.807, 2.05) is 42.5 Å². The zero-order chi connectivity index (χ0) is 17.6. The molecule has 0 saturated heterocycles. The number of aryl methyl sites for hydroxylation is 2. The third-order valence-corrected chi connectivity index (χ3v) is 3.77. The Labute approximate surface area is 145 Å². The number of nitrogens with zero attached hydrogens (tertiary/aromatic N) is 2. The van der Waals surface area contributed by atoms with Gasteiger partial charge in [0.2, 0.25) is 5.88 Å². The zero-order valence-electron chi connectivity index (χ0n) is 14.2. The average Bonchev–Trinajstić information content (AvgIpc) is 2.98. The average molecular weight is 337 g/mol. The van der Waals surface area contributed by atoms with E-state index in [1.165, 1.54) is 0 Å². The summed E-state index contributed by atoms with van der Waals surface area (Å²) in [6, 6.07) is 13.5. The van der Waals surface area contributed by atoms with Crippen molar-refractivity contribution in [2.45, 2.75) is 27.0 Å². The summed E-state index contributed by atoms with van der Waals surface area (Å²) >= 11 is 0. The van der Waals surface area contributed by atoms with E-state index in [4.69, 9.17) is 9.26 Å². The molecule has 0 aliphatic heterocycles. The molecule has 1 aromatic carbocycles. The molecule has 6 heteroatoms. The Hall–Kier alpha value is -3.15. The van der Waals surface area contributed by atoms with Gasteiger partial charge in [0.25, 0.3) is 5.91 Å². The van der Waals surface area contributed by atoms with E-state index < -0.39 is 0 Å². The van der Waals surface area contributed by atoms with Crippen LogP contribution in [0.4, 0.5) is 0 Å². The van der Waals surface area contributed by atoms with Crippen molar-refractivity contribution in [3.63, 3.8) is 0 Å². The van der Waals surface area contributed by atoms with E-state index in [-0.39, 0.29) is 5.91 Å². The number of benzene rings is 1. The first-order chi connectivity index (χ1) is 12.1. The Balaban J connectivity index is 1.66. The van der Waals surface area contributed by atoms with E-state index in [0.29, 0.717) is 36.0 Å². The molecule has 0 fully saturated rings. The second-order valence-electron chi connectivity index (χ2n) is 5.62. The van der Waals surface area contributed by atoms with Crippen LogP contribution in [0.3, 0.4) is 0 Å². The van der Waals surface area contributed by atoms with Crippen LogP contribution in [0.5, 0.6) is 5.88 Å². The first-order valence-corrected chi connectivity index (χ1v) is 7.97. The maximum atomic E-state index is 12.3. The lowest BCUT2D eigenvalue weighted by Crippen LogP contribution is -2.24. The number of carbonyl (C=O) groups is 1. The molecule has 6 nitrogen and oxygen atoms in total. The maximum Gasteiger partial charge on any atom is 0.257 e. The van der Waals surface area contributed by atoms with Gasteiger partial charge < -0.3 is 14.6 Å². The van der Waals surface area contributed by atoms with Crippen LogP contribution >= 0.6 is 0 Å². The molecule has 0 atom stereocenters. The number of carbonyl (C=O) groups excluding carboxylic acids is 1. The van der Waals surface area contributed by atoms with Crippen LogP contribution in [0.1, 0.15) is 32.9 Å². The molecule has 0 saturated carbocycles. The topological polar surface area (TPSA) is 77.3 Å². The Morgan fingerprint density at radius 2 is 1.96 bits per heavy atom. The summed E-state index contributed by atoms with van der Waals surface area (Å²) in [5.41, 5.74) is 2.90. The molecule has 1 N–H and O–H groups in total. The van der Waals surface area contributed by atoms with Crippen LogP contribution in [-0.4, -0.2) is 16.0 Å². The third-order valence-electron chi connectivity index (χ3n) is 3.77. The highest BCUT2D eigenvalue weighted by Crippen LogP contribution is 2.17. The van der Waals surface area contributed by atoms with E-state index in [9.17, 15) is 4.79 Å². The minimum absolute atomic E-state index is 0.228. The van der Waals surface area contributed by atoms with Crippen molar-refractivity contribution in [3.05, 3.63) is 76.8 Å². The molecular formula is C19H19N3O3. The highest BCUT2D eigenvalue weighted by Gasteiger charge is 2.17. The van der Waals surface area contributed by atoms with Gasteiger partial charge in [-0.3, -0.25) is 4.79 Å². The number of hydrogen-bond acceptors (Lipinski definition) is 5. The molecule has 2 aromatic heterocycles. The van der Waals surface area contributed by atoms with Crippen molar-refractivity contribution >= 4 is 5.91 Å². The number of amides is 1. The number of pyridine rings is 1. The van der Waals surface area contributed by atoms with Crippen molar-refractivity contribution in [2.24, 2.45) is 0 Å². The minimum atomic E-state index is -0.228. The Morgan fingerprint density at radius 3 is 2.68 bits per heavy atom. The second-order valence-corrected chi connectivity index (χ2v) is 5.62. The van der Waals surface area contributed by atoms with Gasteiger partial charge >= 0.3 is 0 Å². The summed E-state index contributed by atoms with van der Waals surface area (Å²) in [5, 5.41) is 6.66. The van der Waals surface area contributed by atoms with Gasteiger partial charge in [0.15, 0.2) is 0 Å². The molecule has 0 radical (unpaired) electrons. The number of aromatic nitrogens is 2. The van der Waals surface area contributed by atoms with Gasteiger partial charge in [-0.05, 0) is 25.5 Å². The minimum Gasteiger partial charge on any atom is -0.473 e. The number of hydrogen-bond donors (Lipinski definition) is 1. The number of ether oxygens (including phenoxy) is 1. The molecule has 0 aliphatic carbocycles. The summed E-state index contributed by atoms with van der Waals surface area (Å²) in [7, 11) is 0. The summed E-state index contributed by atoms with van der Waals surface area (Å²) in [6.45, 7) is 4.18. The standard InChI is InChI=1S/C19H19N3O3/c1-13-17(14(2)25-22-13)18(23)21-11-16-9-6-10-20-19(16)24-12-15-7-4-3-5-8-15/h3-10H,11-12H2,1-2H3,(H,21,23). The fraction of sp³-hybridized carbons (Fsp3) is 0.211. The van der Waals surface area contributed by atoms with Crippen molar-refractivity contribution in [1.29, 1.82) is 0 Å². The van der Waals surface area contributed by atoms with Crippen LogP contribution in [0.25, 0.3) is 0 Å². The van der Waals surface area contributed by atoms with Crippen molar-refractivity contribution in [2.75, 3.05) is 0 Å². The van der Waals surface area contributed by atoms with E-state index in [1.54, 1.807) is 20.0 Å². The van der Waals surface area contributed by atoms with Gasteiger partial charge in [0.05, 0.1) is 5.69 Å². The SMILES string of the molecule is Cc1noc(C)c1C(=O)NCc1cccnc1OCc1ccccc1. The van der Waals surface area contributed by atoms with Gasteiger partial charge in [0, 0.05) is 18.3 Å². The summed E-state index contributed by atoms with van der Waals surface area (Å²) in [5.74, 6) is 0.779. The summed E-state index contributed by atoms with van der Waals surface area (Å²) in [6.07, 6.45) is 1.67. The number of rotatable bonds is 6. The smallest absolute Gasteiger partial charge is 0.257 e. The summed E-state index contributed by atoms with van der Waals surface area (Å²) < 4.78 is 10.8. The lowest BCUT2D eigenvalue weighted by atomic mass is 10.2. The normalized spacial score (nSPS) is 10.5. The molecular weight excluding hydrogens is 318 g/mol. The highest BCUT2D eigenvalue weighted by molar-refractivity contribution is 5.96. The number of nitrogens with one attached hydrogen (secondary N) is 1.